The van der Waals surface area contributed by atoms with Gasteiger partial charge in [-0.25, -0.2) is 0 Å². The molecule has 0 spiro atoms. The van der Waals surface area contributed by atoms with Gasteiger partial charge in [0, 0.05) is 36.2 Å². The highest BCUT2D eigenvalue weighted by Gasteiger charge is 2.66. The molecule has 2 aromatic rings. The SMILES string of the molecule is CC1(C)C(=O)NC(=O)C(C)(N2Cc3c(OCc4ccc(CN5CCOCC5)cc4)cccc3C2=O)C1(C)C. The van der Waals surface area contributed by atoms with Crippen LogP contribution in [-0.4, -0.2) is 59.4 Å². The maximum Gasteiger partial charge on any atom is 0.255 e. The zero-order valence-corrected chi connectivity index (χ0v) is 22.9. The van der Waals surface area contributed by atoms with Gasteiger partial charge in [0.2, 0.25) is 5.91 Å². The molecule has 0 bridgehead atoms. The van der Waals surface area contributed by atoms with Crippen molar-refractivity contribution in [2.24, 2.45) is 10.8 Å². The highest BCUT2D eigenvalue weighted by atomic mass is 16.5. The second kappa shape index (κ2) is 9.50. The van der Waals surface area contributed by atoms with Crippen molar-refractivity contribution in [2.45, 2.75) is 59.9 Å². The van der Waals surface area contributed by atoms with E-state index in [2.05, 4.69) is 34.5 Å². The largest absolute Gasteiger partial charge is 0.489 e. The van der Waals surface area contributed by atoms with Crippen LogP contribution in [0.25, 0.3) is 0 Å². The van der Waals surface area contributed by atoms with Crippen LogP contribution in [-0.2, 0) is 34.0 Å². The molecule has 1 unspecified atom stereocenters. The van der Waals surface area contributed by atoms with Crippen LogP contribution in [0.5, 0.6) is 5.75 Å². The number of nitrogens with one attached hydrogen (secondary N) is 1. The van der Waals surface area contributed by atoms with Gasteiger partial charge in [-0.2, -0.15) is 0 Å². The van der Waals surface area contributed by atoms with E-state index in [4.69, 9.17) is 9.47 Å². The first-order chi connectivity index (χ1) is 18.0. The Morgan fingerprint density at radius 2 is 1.55 bits per heavy atom. The molecule has 0 radical (unpaired) electrons. The van der Waals surface area contributed by atoms with E-state index >= 15 is 0 Å². The molecule has 3 amide bonds. The zero-order valence-electron chi connectivity index (χ0n) is 22.9. The highest BCUT2D eigenvalue weighted by Crippen LogP contribution is 2.54. The van der Waals surface area contributed by atoms with Gasteiger partial charge in [-0.05, 0) is 30.2 Å². The van der Waals surface area contributed by atoms with Gasteiger partial charge in [0.1, 0.15) is 17.9 Å². The fraction of sp³-hybridized carbons (Fsp3) is 0.500. The molecule has 1 N–H and O–H groups in total. The van der Waals surface area contributed by atoms with E-state index in [1.54, 1.807) is 17.9 Å². The fourth-order valence-corrected chi connectivity index (χ4v) is 5.74. The first kappa shape index (κ1) is 26.4. The van der Waals surface area contributed by atoms with Crippen LogP contribution in [0.15, 0.2) is 42.5 Å². The van der Waals surface area contributed by atoms with Crippen molar-refractivity contribution < 1.29 is 23.9 Å². The number of ether oxygens (including phenoxy) is 2. The minimum Gasteiger partial charge on any atom is -0.489 e. The number of amides is 3. The molecule has 3 aliphatic rings. The Kier molecular flexibility index (Phi) is 6.60. The Balaban J connectivity index is 1.32. The van der Waals surface area contributed by atoms with Crippen LogP contribution >= 0.6 is 0 Å². The second-order valence-corrected chi connectivity index (χ2v) is 11.8. The summed E-state index contributed by atoms with van der Waals surface area (Å²) in [6, 6.07) is 13.9. The number of piperidine rings is 1. The summed E-state index contributed by atoms with van der Waals surface area (Å²) in [6.45, 7) is 14.2. The van der Waals surface area contributed by atoms with Gasteiger partial charge in [-0.15, -0.1) is 0 Å². The van der Waals surface area contributed by atoms with Crippen molar-refractivity contribution >= 4 is 17.7 Å². The monoisotopic (exact) mass is 519 g/mol. The summed E-state index contributed by atoms with van der Waals surface area (Å²) in [7, 11) is 0. The molecular weight excluding hydrogens is 482 g/mol. The zero-order chi connectivity index (χ0) is 27.3. The molecule has 38 heavy (non-hydrogen) atoms. The van der Waals surface area contributed by atoms with E-state index < -0.39 is 22.3 Å². The van der Waals surface area contributed by atoms with Crippen molar-refractivity contribution in [3.05, 3.63) is 64.7 Å². The number of carbonyl (C=O) groups is 3. The summed E-state index contributed by atoms with van der Waals surface area (Å²) in [5.74, 6) is -0.376. The molecule has 2 saturated heterocycles. The van der Waals surface area contributed by atoms with Gasteiger partial charge < -0.3 is 14.4 Å². The molecule has 0 aliphatic carbocycles. The average Bonchev–Trinajstić information content (AvgIpc) is 3.24. The third-order valence-corrected chi connectivity index (χ3v) is 9.41. The molecule has 3 aliphatic heterocycles. The Morgan fingerprint density at radius 3 is 2.24 bits per heavy atom. The summed E-state index contributed by atoms with van der Waals surface area (Å²) in [4.78, 5) is 43.6. The number of nitrogens with zero attached hydrogens (tertiary/aromatic N) is 2. The van der Waals surface area contributed by atoms with E-state index in [0.717, 1.165) is 44.0 Å². The number of morpholine rings is 1. The summed E-state index contributed by atoms with van der Waals surface area (Å²) < 4.78 is 11.6. The number of imide groups is 1. The Hall–Kier alpha value is -3.23. The molecule has 0 saturated carbocycles. The van der Waals surface area contributed by atoms with Crippen LogP contribution in [0, 0.1) is 10.8 Å². The molecule has 202 valence electrons. The third kappa shape index (κ3) is 4.10. The van der Waals surface area contributed by atoms with Gasteiger partial charge in [-0.1, -0.05) is 58.0 Å². The van der Waals surface area contributed by atoms with E-state index in [1.807, 2.05) is 39.8 Å². The second-order valence-electron chi connectivity index (χ2n) is 11.8. The Labute approximate surface area is 224 Å². The quantitative estimate of drug-likeness (QED) is 0.588. The summed E-state index contributed by atoms with van der Waals surface area (Å²) in [5, 5.41) is 2.52. The standard InChI is InChI=1S/C30H37N3O5/c1-28(2)26(35)31-27(36)30(5,29(28,3)4)33-18-23-22(25(33)34)7-6-8-24(23)38-19-21-11-9-20(10-12-21)17-32-13-15-37-16-14-32/h6-12H,13-19H2,1-5H3,(H,31,35,36). The molecule has 3 heterocycles. The van der Waals surface area contributed by atoms with E-state index in [9.17, 15) is 14.4 Å². The van der Waals surface area contributed by atoms with Crippen LogP contribution in [0.1, 0.15) is 61.7 Å². The van der Waals surface area contributed by atoms with Gasteiger partial charge >= 0.3 is 0 Å². The predicted molar refractivity (Wildman–Crippen MR) is 142 cm³/mol. The number of fused-ring (bicyclic) bond motifs is 1. The van der Waals surface area contributed by atoms with Crippen LogP contribution in [0.3, 0.4) is 0 Å². The first-order valence-electron chi connectivity index (χ1n) is 13.3. The highest BCUT2D eigenvalue weighted by molar-refractivity contribution is 6.10. The molecule has 8 nitrogen and oxygen atoms in total. The van der Waals surface area contributed by atoms with E-state index in [0.29, 0.717) is 17.9 Å². The molecular formula is C30H37N3O5. The predicted octanol–water partition coefficient (Wildman–Crippen LogP) is 3.52. The topological polar surface area (TPSA) is 88.2 Å². The van der Waals surface area contributed by atoms with Crippen molar-refractivity contribution in [1.29, 1.82) is 0 Å². The molecule has 2 aromatic carbocycles. The average molecular weight is 520 g/mol. The van der Waals surface area contributed by atoms with Crippen molar-refractivity contribution in [1.82, 2.24) is 15.1 Å². The number of hydrogen-bond acceptors (Lipinski definition) is 6. The molecule has 5 rings (SSSR count). The van der Waals surface area contributed by atoms with E-state index in [-0.39, 0.29) is 18.4 Å². The Bertz CT molecular complexity index is 1260. The number of benzene rings is 2. The van der Waals surface area contributed by atoms with E-state index in [1.165, 1.54) is 5.56 Å². The van der Waals surface area contributed by atoms with Crippen LogP contribution < -0.4 is 10.1 Å². The fourth-order valence-electron chi connectivity index (χ4n) is 5.74. The lowest BCUT2D eigenvalue weighted by atomic mass is 9.54. The van der Waals surface area contributed by atoms with Crippen LogP contribution in [0.2, 0.25) is 0 Å². The number of carbonyl (C=O) groups excluding carboxylic acids is 3. The van der Waals surface area contributed by atoms with Crippen molar-refractivity contribution in [3.8, 4) is 5.75 Å². The molecule has 0 aromatic heterocycles. The minimum absolute atomic E-state index is 0.228. The van der Waals surface area contributed by atoms with Gasteiger partial charge in [0.05, 0.1) is 25.2 Å². The summed E-state index contributed by atoms with van der Waals surface area (Å²) in [5.41, 5.74) is 0.673. The van der Waals surface area contributed by atoms with Crippen LogP contribution in [0.4, 0.5) is 0 Å². The lowest BCUT2D eigenvalue weighted by molar-refractivity contribution is -0.168. The minimum atomic E-state index is -1.23. The first-order valence-corrected chi connectivity index (χ1v) is 13.3. The molecule has 1 atom stereocenters. The number of hydrogen-bond donors (Lipinski definition) is 1. The van der Waals surface area contributed by atoms with Gasteiger partial charge in [-0.3, -0.25) is 24.6 Å². The Morgan fingerprint density at radius 1 is 0.895 bits per heavy atom. The summed E-state index contributed by atoms with van der Waals surface area (Å²) >= 11 is 0. The van der Waals surface area contributed by atoms with Crippen molar-refractivity contribution in [2.75, 3.05) is 26.3 Å². The lowest BCUT2D eigenvalue weighted by Gasteiger charge is -2.57. The van der Waals surface area contributed by atoms with Gasteiger partial charge in [0.15, 0.2) is 0 Å². The lowest BCUT2D eigenvalue weighted by Crippen LogP contribution is -2.75. The summed E-state index contributed by atoms with van der Waals surface area (Å²) in [6.07, 6.45) is 0. The van der Waals surface area contributed by atoms with Crippen molar-refractivity contribution in [3.63, 3.8) is 0 Å². The van der Waals surface area contributed by atoms with Gasteiger partial charge in [0.25, 0.3) is 11.8 Å². The maximum atomic E-state index is 13.6. The number of rotatable bonds is 6. The smallest absolute Gasteiger partial charge is 0.255 e. The molecule has 8 heteroatoms. The normalized spacial score (nSPS) is 24.8. The maximum absolute atomic E-state index is 13.6. The third-order valence-electron chi connectivity index (χ3n) is 9.41. The molecule has 2 fully saturated rings.